The number of carboxylic acids is 1. The summed E-state index contributed by atoms with van der Waals surface area (Å²) in [4.78, 5) is 24.9. The molecule has 1 N–H and O–H groups in total. The van der Waals surface area contributed by atoms with Crippen LogP contribution >= 0.6 is 0 Å². The van der Waals surface area contributed by atoms with Crippen molar-refractivity contribution >= 4 is 12.1 Å². The summed E-state index contributed by atoms with van der Waals surface area (Å²) in [5, 5.41) is 9.33. The third-order valence-corrected chi connectivity index (χ3v) is 3.51. The van der Waals surface area contributed by atoms with Crippen molar-refractivity contribution in [1.82, 2.24) is 4.90 Å². The monoisotopic (exact) mass is 321 g/mol. The van der Waals surface area contributed by atoms with E-state index in [1.807, 2.05) is 51.1 Å². The molecule has 1 fully saturated rings. The van der Waals surface area contributed by atoms with E-state index in [1.54, 1.807) is 0 Å². The van der Waals surface area contributed by atoms with Gasteiger partial charge in [0.1, 0.15) is 12.6 Å². The first-order valence-corrected chi connectivity index (χ1v) is 7.64. The van der Waals surface area contributed by atoms with Gasteiger partial charge in [-0.15, -0.1) is 0 Å². The number of ether oxygens (including phenoxy) is 2. The number of benzene rings is 1. The molecule has 1 aromatic rings. The second-order valence-electron chi connectivity index (χ2n) is 6.63. The van der Waals surface area contributed by atoms with Crippen LogP contribution in [0.1, 0.15) is 32.8 Å². The third-order valence-electron chi connectivity index (χ3n) is 3.51. The normalized spacial score (nSPS) is 21.3. The van der Waals surface area contributed by atoms with E-state index in [1.165, 1.54) is 4.90 Å². The van der Waals surface area contributed by atoms with Crippen LogP contribution in [-0.2, 0) is 20.9 Å². The number of hydrogen-bond acceptors (Lipinski definition) is 4. The minimum atomic E-state index is -1.04. The van der Waals surface area contributed by atoms with Crippen LogP contribution in [0.4, 0.5) is 4.79 Å². The average molecular weight is 321 g/mol. The van der Waals surface area contributed by atoms with Gasteiger partial charge in [0.05, 0.1) is 18.2 Å². The van der Waals surface area contributed by atoms with Crippen LogP contribution in [0, 0.1) is 0 Å². The molecule has 1 unspecified atom stereocenters. The SMILES string of the molecule is CC(C)(C)O[C@@H]1CC(C(=O)O)N(C(=O)OCc2ccccc2)C1. The summed E-state index contributed by atoms with van der Waals surface area (Å²) in [6.07, 6.45) is -0.658. The number of carbonyl (C=O) groups is 2. The van der Waals surface area contributed by atoms with Gasteiger partial charge in [-0.2, -0.15) is 0 Å². The Labute approximate surface area is 136 Å². The van der Waals surface area contributed by atoms with Crippen LogP contribution in [-0.4, -0.2) is 46.4 Å². The predicted molar refractivity (Wildman–Crippen MR) is 84.0 cm³/mol. The molecule has 0 aliphatic carbocycles. The summed E-state index contributed by atoms with van der Waals surface area (Å²) in [5.41, 5.74) is 0.465. The van der Waals surface area contributed by atoms with E-state index in [2.05, 4.69) is 0 Å². The molecule has 0 aromatic heterocycles. The van der Waals surface area contributed by atoms with Gasteiger partial charge < -0.3 is 14.6 Å². The Hall–Kier alpha value is -2.08. The molecule has 1 aromatic carbocycles. The lowest BCUT2D eigenvalue weighted by Gasteiger charge is -2.24. The first-order chi connectivity index (χ1) is 10.8. The number of aliphatic carboxylic acids is 1. The topological polar surface area (TPSA) is 76.1 Å². The maximum absolute atomic E-state index is 12.2. The van der Waals surface area contributed by atoms with Gasteiger partial charge in [0.25, 0.3) is 0 Å². The quantitative estimate of drug-likeness (QED) is 0.922. The zero-order chi connectivity index (χ0) is 17.0. The van der Waals surface area contributed by atoms with Crippen molar-refractivity contribution in [1.29, 1.82) is 0 Å². The number of rotatable bonds is 4. The lowest BCUT2D eigenvalue weighted by Crippen LogP contribution is -2.41. The fourth-order valence-corrected chi connectivity index (χ4v) is 2.62. The minimum absolute atomic E-state index is 0.118. The molecule has 1 amide bonds. The number of carbonyl (C=O) groups excluding carboxylic acids is 1. The highest BCUT2D eigenvalue weighted by atomic mass is 16.6. The van der Waals surface area contributed by atoms with Gasteiger partial charge in [0, 0.05) is 6.42 Å². The first-order valence-electron chi connectivity index (χ1n) is 7.64. The number of nitrogens with zero attached hydrogens (tertiary/aromatic N) is 1. The molecule has 0 spiro atoms. The molecule has 2 rings (SSSR count). The van der Waals surface area contributed by atoms with Gasteiger partial charge >= 0.3 is 12.1 Å². The summed E-state index contributed by atoms with van der Waals surface area (Å²) in [7, 11) is 0. The molecule has 0 radical (unpaired) electrons. The van der Waals surface area contributed by atoms with E-state index in [0.717, 1.165) is 5.56 Å². The molecule has 1 saturated heterocycles. The van der Waals surface area contributed by atoms with E-state index in [9.17, 15) is 14.7 Å². The van der Waals surface area contributed by atoms with Crippen molar-refractivity contribution in [2.75, 3.05) is 6.54 Å². The Morgan fingerprint density at radius 3 is 2.48 bits per heavy atom. The highest BCUT2D eigenvalue weighted by Gasteiger charge is 2.42. The van der Waals surface area contributed by atoms with Gasteiger partial charge in [-0.05, 0) is 26.3 Å². The molecule has 1 aliphatic rings. The lowest BCUT2D eigenvalue weighted by atomic mass is 10.1. The molecular weight excluding hydrogens is 298 g/mol. The summed E-state index contributed by atoms with van der Waals surface area (Å²) in [6.45, 7) is 6.05. The van der Waals surface area contributed by atoms with E-state index < -0.39 is 23.7 Å². The third kappa shape index (κ3) is 4.96. The van der Waals surface area contributed by atoms with Gasteiger partial charge in [-0.1, -0.05) is 30.3 Å². The molecular formula is C17H23NO5. The van der Waals surface area contributed by atoms with E-state index >= 15 is 0 Å². The van der Waals surface area contributed by atoms with Gasteiger partial charge in [-0.25, -0.2) is 9.59 Å². The maximum Gasteiger partial charge on any atom is 0.410 e. The van der Waals surface area contributed by atoms with Gasteiger partial charge in [0.2, 0.25) is 0 Å². The molecule has 6 nitrogen and oxygen atoms in total. The Morgan fingerprint density at radius 1 is 1.26 bits per heavy atom. The number of likely N-dealkylation sites (tertiary alicyclic amines) is 1. The molecule has 2 atom stereocenters. The predicted octanol–water partition coefficient (Wildman–Crippen LogP) is 2.67. The summed E-state index contributed by atoms with van der Waals surface area (Å²) < 4.78 is 11.0. The summed E-state index contributed by atoms with van der Waals surface area (Å²) in [6, 6.07) is 8.36. The molecule has 1 aliphatic heterocycles. The van der Waals surface area contributed by atoms with Crippen LogP contribution in [0.3, 0.4) is 0 Å². The van der Waals surface area contributed by atoms with Crippen molar-refractivity contribution in [3.05, 3.63) is 35.9 Å². The van der Waals surface area contributed by atoms with Crippen molar-refractivity contribution in [2.45, 2.75) is 51.5 Å². The fraction of sp³-hybridized carbons (Fsp3) is 0.529. The lowest BCUT2D eigenvalue weighted by molar-refractivity contribution is -0.142. The number of hydrogen-bond donors (Lipinski definition) is 1. The summed E-state index contributed by atoms with van der Waals surface area (Å²) >= 11 is 0. The molecule has 0 saturated carbocycles. The second-order valence-corrected chi connectivity index (χ2v) is 6.63. The van der Waals surface area contributed by atoms with Crippen molar-refractivity contribution in [3.63, 3.8) is 0 Å². The van der Waals surface area contributed by atoms with Crippen LogP contribution in [0.2, 0.25) is 0 Å². The Kier molecular flexibility index (Phi) is 5.26. The van der Waals surface area contributed by atoms with Crippen LogP contribution in [0.25, 0.3) is 0 Å². The largest absolute Gasteiger partial charge is 0.480 e. The summed E-state index contributed by atoms with van der Waals surface area (Å²) in [5.74, 6) is -1.04. The fourth-order valence-electron chi connectivity index (χ4n) is 2.62. The van der Waals surface area contributed by atoms with E-state index in [0.29, 0.717) is 0 Å². The Bertz CT molecular complexity index is 552. The number of amides is 1. The van der Waals surface area contributed by atoms with Crippen LogP contribution in [0.5, 0.6) is 0 Å². The van der Waals surface area contributed by atoms with Gasteiger partial charge in [0.15, 0.2) is 0 Å². The molecule has 6 heteroatoms. The molecule has 23 heavy (non-hydrogen) atoms. The number of carboxylic acid groups (broad SMARTS) is 1. The first kappa shape index (κ1) is 17.3. The minimum Gasteiger partial charge on any atom is -0.480 e. The zero-order valence-electron chi connectivity index (χ0n) is 13.7. The van der Waals surface area contributed by atoms with Crippen molar-refractivity contribution < 1.29 is 24.2 Å². The molecule has 1 heterocycles. The standard InChI is InChI=1S/C17H23NO5/c1-17(2,3)23-13-9-14(15(19)20)18(10-13)16(21)22-11-12-7-5-4-6-8-12/h4-8,13-14H,9-11H2,1-3H3,(H,19,20)/t13-,14?/m1/s1. The maximum atomic E-state index is 12.2. The Balaban J connectivity index is 1.97. The molecule has 0 bridgehead atoms. The second kappa shape index (κ2) is 7.00. The zero-order valence-corrected chi connectivity index (χ0v) is 13.7. The van der Waals surface area contributed by atoms with E-state index in [4.69, 9.17) is 9.47 Å². The Morgan fingerprint density at radius 2 is 1.91 bits per heavy atom. The smallest absolute Gasteiger partial charge is 0.410 e. The van der Waals surface area contributed by atoms with E-state index in [-0.39, 0.29) is 25.7 Å². The van der Waals surface area contributed by atoms with Gasteiger partial charge in [-0.3, -0.25) is 4.90 Å². The van der Waals surface area contributed by atoms with Crippen molar-refractivity contribution in [3.8, 4) is 0 Å². The highest BCUT2D eigenvalue weighted by molar-refractivity contribution is 5.80. The van der Waals surface area contributed by atoms with Crippen LogP contribution in [0.15, 0.2) is 30.3 Å². The highest BCUT2D eigenvalue weighted by Crippen LogP contribution is 2.25. The average Bonchev–Trinajstić information content (AvgIpc) is 2.88. The molecule has 126 valence electrons. The van der Waals surface area contributed by atoms with Crippen LogP contribution < -0.4 is 0 Å². The van der Waals surface area contributed by atoms with Crippen molar-refractivity contribution in [2.24, 2.45) is 0 Å².